The van der Waals surface area contributed by atoms with Gasteiger partial charge >= 0.3 is 0 Å². The average Bonchev–Trinajstić information content (AvgIpc) is 2.98. The molecule has 0 amide bonds. The zero-order valence-electron chi connectivity index (χ0n) is 9.67. The second-order valence-corrected chi connectivity index (χ2v) is 5.15. The number of methoxy groups -OCH3 is 1. The molecule has 3 nitrogen and oxygen atoms in total. The summed E-state index contributed by atoms with van der Waals surface area (Å²) in [7, 11) is 1.73. The first-order chi connectivity index (χ1) is 7.30. The Labute approximate surface area is 92.2 Å². The largest absolute Gasteiger partial charge is 0.394 e. The Morgan fingerprint density at radius 3 is 2.40 bits per heavy atom. The van der Waals surface area contributed by atoms with Crippen molar-refractivity contribution in [2.75, 3.05) is 20.3 Å². The number of hydrogen-bond donors (Lipinski definition) is 2. The molecule has 15 heavy (non-hydrogen) atoms. The van der Waals surface area contributed by atoms with Crippen molar-refractivity contribution in [2.24, 2.45) is 5.92 Å². The summed E-state index contributed by atoms with van der Waals surface area (Å²) in [6.45, 7) is 0.854. The average molecular weight is 213 g/mol. The molecule has 0 saturated heterocycles. The Bertz CT molecular complexity index is 200. The minimum absolute atomic E-state index is 0.149. The highest BCUT2D eigenvalue weighted by Gasteiger charge is 2.46. The van der Waals surface area contributed by atoms with Gasteiger partial charge in [-0.15, -0.1) is 0 Å². The molecule has 3 heteroatoms. The van der Waals surface area contributed by atoms with E-state index in [4.69, 9.17) is 4.74 Å². The third kappa shape index (κ3) is 2.52. The molecule has 2 rings (SSSR count). The summed E-state index contributed by atoms with van der Waals surface area (Å²) in [5.74, 6) is 0.628. The van der Waals surface area contributed by atoms with Gasteiger partial charge in [-0.1, -0.05) is 12.8 Å². The van der Waals surface area contributed by atoms with E-state index in [1.54, 1.807) is 7.11 Å². The zero-order chi connectivity index (χ0) is 10.7. The summed E-state index contributed by atoms with van der Waals surface area (Å²) in [5.41, 5.74) is -0.149. The number of hydrogen-bond acceptors (Lipinski definition) is 3. The molecule has 0 spiro atoms. The maximum absolute atomic E-state index is 9.64. The number of aliphatic hydroxyl groups is 1. The Balaban J connectivity index is 1.95. The number of nitrogens with one attached hydrogen (secondary N) is 1. The third-order valence-electron chi connectivity index (χ3n) is 3.89. The fourth-order valence-electron chi connectivity index (χ4n) is 2.87. The van der Waals surface area contributed by atoms with Crippen molar-refractivity contribution < 1.29 is 9.84 Å². The summed E-state index contributed by atoms with van der Waals surface area (Å²) in [4.78, 5) is 0. The molecule has 0 aromatic heterocycles. The summed E-state index contributed by atoms with van der Waals surface area (Å²) >= 11 is 0. The summed E-state index contributed by atoms with van der Waals surface area (Å²) in [6.07, 6.45) is 7.66. The van der Waals surface area contributed by atoms with E-state index < -0.39 is 0 Å². The lowest BCUT2D eigenvalue weighted by atomic mass is 9.93. The van der Waals surface area contributed by atoms with Crippen LogP contribution in [0.25, 0.3) is 0 Å². The fourth-order valence-corrected chi connectivity index (χ4v) is 2.87. The van der Waals surface area contributed by atoms with Gasteiger partial charge in [0.05, 0.1) is 18.8 Å². The second-order valence-electron chi connectivity index (χ2n) is 5.15. The predicted molar refractivity (Wildman–Crippen MR) is 59.8 cm³/mol. The maximum atomic E-state index is 9.64. The summed E-state index contributed by atoms with van der Waals surface area (Å²) in [5, 5.41) is 13.3. The van der Waals surface area contributed by atoms with Crippen molar-refractivity contribution in [1.82, 2.24) is 5.32 Å². The Kier molecular flexibility index (Phi) is 3.65. The third-order valence-corrected chi connectivity index (χ3v) is 3.89. The minimum Gasteiger partial charge on any atom is -0.394 e. The van der Waals surface area contributed by atoms with Gasteiger partial charge in [-0.25, -0.2) is 0 Å². The first kappa shape index (κ1) is 11.4. The van der Waals surface area contributed by atoms with Crippen LogP contribution in [0, 0.1) is 5.92 Å². The van der Waals surface area contributed by atoms with Crippen molar-refractivity contribution >= 4 is 0 Å². The molecule has 2 fully saturated rings. The number of rotatable bonds is 6. The molecule has 2 aliphatic rings. The number of ether oxygens (including phenoxy) is 1. The SMILES string of the molecule is COCC(CO)(NC1CCCC1)C1CC1. The molecule has 0 radical (unpaired) electrons. The van der Waals surface area contributed by atoms with Gasteiger partial charge in [0.15, 0.2) is 0 Å². The van der Waals surface area contributed by atoms with Crippen LogP contribution in [0.3, 0.4) is 0 Å². The first-order valence-electron chi connectivity index (χ1n) is 6.18. The molecule has 0 heterocycles. The van der Waals surface area contributed by atoms with E-state index in [-0.39, 0.29) is 12.1 Å². The molecule has 0 aliphatic heterocycles. The van der Waals surface area contributed by atoms with Crippen LogP contribution in [-0.2, 0) is 4.74 Å². The molecule has 1 atom stereocenters. The van der Waals surface area contributed by atoms with Crippen LogP contribution in [0.5, 0.6) is 0 Å². The van der Waals surface area contributed by atoms with Crippen LogP contribution < -0.4 is 5.32 Å². The van der Waals surface area contributed by atoms with Crippen LogP contribution >= 0.6 is 0 Å². The molecule has 2 aliphatic carbocycles. The van der Waals surface area contributed by atoms with Gasteiger partial charge in [-0.3, -0.25) is 0 Å². The molecule has 1 unspecified atom stereocenters. The van der Waals surface area contributed by atoms with Gasteiger partial charge in [0.2, 0.25) is 0 Å². The minimum atomic E-state index is -0.149. The summed E-state index contributed by atoms with van der Waals surface area (Å²) in [6, 6.07) is 0.605. The normalized spacial score (nSPS) is 26.8. The molecule has 0 aromatic rings. The Morgan fingerprint density at radius 2 is 1.93 bits per heavy atom. The molecule has 88 valence electrons. The topological polar surface area (TPSA) is 41.5 Å². The first-order valence-corrected chi connectivity index (χ1v) is 6.18. The summed E-state index contributed by atoms with van der Waals surface area (Å²) < 4.78 is 5.29. The molecule has 0 bridgehead atoms. The Hall–Kier alpha value is -0.120. The van der Waals surface area contributed by atoms with E-state index in [1.807, 2.05) is 0 Å². The molecular weight excluding hydrogens is 190 g/mol. The molecular formula is C12H23NO2. The molecule has 0 aromatic carbocycles. The van der Waals surface area contributed by atoms with Crippen LogP contribution in [0.4, 0.5) is 0 Å². The quantitative estimate of drug-likeness (QED) is 0.699. The maximum Gasteiger partial charge on any atom is 0.0681 e. The van der Waals surface area contributed by atoms with Crippen molar-refractivity contribution in [1.29, 1.82) is 0 Å². The van der Waals surface area contributed by atoms with Gasteiger partial charge < -0.3 is 15.2 Å². The highest BCUT2D eigenvalue weighted by Crippen LogP contribution is 2.40. The zero-order valence-corrected chi connectivity index (χ0v) is 9.67. The predicted octanol–water partition coefficient (Wildman–Crippen LogP) is 1.31. The lowest BCUT2D eigenvalue weighted by molar-refractivity contribution is 0.0404. The van der Waals surface area contributed by atoms with E-state index in [9.17, 15) is 5.11 Å². The van der Waals surface area contributed by atoms with E-state index in [0.29, 0.717) is 18.6 Å². The van der Waals surface area contributed by atoms with Crippen LogP contribution in [0.15, 0.2) is 0 Å². The molecule has 2 saturated carbocycles. The van der Waals surface area contributed by atoms with Crippen molar-refractivity contribution in [3.05, 3.63) is 0 Å². The van der Waals surface area contributed by atoms with Crippen molar-refractivity contribution in [2.45, 2.75) is 50.1 Å². The van der Waals surface area contributed by atoms with Crippen LogP contribution in [0.1, 0.15) is 38.5 Å². The van der Waals surface area contributed by atoms with E-state index in [2.05, 4.69) is 5.32 Å². The van der Waals surface area contributed by atoms with Gasteiger partial charge in [-0.2, -0.15) is 0 Å². The smallest absolute Gasteiger partial charge is 0.0681 e. The lowest BCUT2D eigenvalue weighted by Gasteiger charge is -2.35. The highest BCUT2D eigenvalue weighted by molar-refractivity contribution is 5.02. The van der Waals surface area contributed by atoms with Crippen LogP contribution in [-0.4, -0.2) is 37.0 Å². The lowest BCUT2D eigenvalue weighted by Crippen LogP contribution is -2.57. The van der Waals surface area contributed by atoms with E-state index in [1.165, 1.54) is 38.5 Å². The van der Waals surface area contributed by atoms with Gasteiger partial charge in [0, 0.05) is 13.2 Å². The van der Waals surface area contributed by atoms with Gasteiger partial charge in [0.25, 0.3) is 0 Å². The van der Waals surface area contributed by atoms with E-state index >= 15 is 0 Å². The van der Waals surface area contributed by atoms with E-state index in [0.717, 1.165) is 0 Å². The van der Waals surface area contributed by atoms with Gasteiger partial charge in [0.1, 0.15) is 0 Å². The number of aliphatic hydroxyl groups excluding tert-OH is 1. The van der Waals surface area contributed by atoms with Crippen molar-refractivity contribution in [3.8, 4) is 0 Å². The standard InChI is InChI=1S/C12H23NO2/c1-15-9-12(8-14,10-6-7-10)13-11-4-2-3-5-11/h10-11,13-14H,2-9H2,1H3. The van der Waals surface area contributed by atoms with Gasteiger partial charge in [-0.05, 0) is 31.6 Å². The Morgan fingerprint density at radius 1 is 1.27 bits per heavy atom. The van der Waals surface area contributed by atoms with Crippen LogP contribution in [0.2, 0.25) is 0 Å². The fraction of sp³-hybridized carbons (Fsp3) is 1.00. The van der Waals surface area contributed by atoms with Crippen molar-refractivity contribution in [3.63, 3.8) is 0 Å². The highest BCUT2D eigenvalue weighted by atomic mass is 16.5. The second kappa shape index (κ2) is 4.81. The monoisotopic (exact) mass is 213 g/mol. The molecule has 2 N–H and O–H groups in total.